The quantitative estimate of drug-likeness (QED) is 0.416. The Bertz CT molecular complexity index is 1190. The highest BCUT2D eigenvalue weighted by Gasteiger charge is 2.31. The van der Waals surface area contributed by atoms with E-state index in [1.165, 1.54) is 30.5 Å². The highest BCUT2D eigenvalue weighted by molar-refractivity contribution is 7.89. The van der Waals surface area contributed by atoms with Crippen molar-refractivity contribution in [1.29, 1.82) is 0 Å². The van der Waals surface area contributed by atoms with Gasteiger partial charge in [0.1, 0.15) is 0 Å². The van der Waals surface area contributed by atoms with Crippen molar-refractivity contribution in [3.05, 3.63) is 52.6 Å². The summed E-state index contributed by atoms with van der Waals surface area (Å²) in [6.07, 6.45) is 0. The van der Waals surface area contributed by atoms with Gasteiger partial charge in [0.15, 0.2) is 5.75 Å². The lowest BCUT2D eigenvalue weighted by Crippen LogP contribution is -2.50. The van der Waals surface area contributed by atoms with Crippen molar-refractivity contribution in [3.8, 4) is 5.75 Å². The number of nitrogens with one attached hydrogen (secondary N) is 2. The molecule has 12 nitrogen and oxygen atoms in total. The molecule has 0 aliphatic carbocycles. The molecule has 0 aromatic heterocycles. The van der Waals surface area contributed by atoms with E-state index < -0.39 is 20.6 Å². The Morgan fingerprint density at radius 3 is 2.29 bits per heavy atom. The molecule has 0 unspecified atom stereocenters. The van der Waals surface area contributed by atoms with Gasteiger partial charge in [-0.15, -0.1) is 0 Å². The van der Waals surface area contributed by atoms with Crippen molar-refractivity contribution >= 4 is 38.9 Å². The first-order chi connectivity index (χ1) is 16.1. The third-order valence-electron chi connectivity index (χ3n) is 5.15. The summed E-state index contributed by atoms with van der Waals surface area (Å²) in [5.74, 6) is -0.523. The fourth-order valence-corrected chi connectivity index (χ4v) is 4.97. The van der Waals surface area contributed by atoms with Crippen LogP contribution in [0.3, 0.4) is 0 Å². The van der Waals surface area contributed by atoms with Crippen molar-refractivity contribution in [2.75, 3.05) is 50.5 Å². The number of rotatable bonds is 8. The Hall–Kier alpha value is -3.55. The minimum atomic E-state index is -3.95. The van der Waals surface area contributed by atoms with Crippen LogP contribution in [0.4, 0.5) is 17.1 Å². The first-order valence-corrected chi connectivity index (χ1v) is 11.8. The fraction of sp³-hybridized carbons (Fsp3) is 0.333. The molecule has 0 spiro atoms. The monoisotopic (exact) mass is 491 g/mol. The van der Waals surface area contributed by atoms with Gasteiger partial charge < -0.3 is 15.4 Å². The Balaban J connectivity index is 1.59. The number of sulfonamides is 1. The lowest BCUT2D eigenvalue weighted by atomic mass is 10.2. The Labute approximate surface area is 196 Å². The van der Waals surface area contributed by atoms with Gasteiger partial charge in [-0.25, -0.2) is 8.42 Å². The third kappa shape index (κ3) is 6.07. The summed E-state index contributed by atoms with van der Waals surface area (Å²) in [5, 5.41) is 16.6. The van der Waals surface area contributed by atoms with Gasteiger partial charge in [0, 0.05) is 50.5 Å². The van der Waals surface area contributed by atoms with E-state index in [1.54, 1.807) is 24.3 Å². The zero-order chi connectivity index (χ0) is 24.9. The zero-order valence-electron chi connectivity index (χ0n) is 18.7. The highest BCUT2D eigenvalue weighted by Crippen LogP contribution is 2.30. The van der Waals surface area contributed by atoms with E-state index in [1.807, 2.05) is 4.90 Å². The van der Waals surface area contributed by atoms with Gasteiger partial charge in [-0.2, -0.15) is 4.31 Å². The second-order valence-corrected chi connectivity index (χ2v) is 9.52. The van der Waals surface area contributed by atoms with E-state index in [0.717, 1.165) is 6.07 Å². The molecule has 3 rings (SSSR count). The van der Waals surface area contributed by atoms with Gasteiger partial charge in [0.05, 0.1) is 23.5 Å². The molecular formula is C21H25N5O7S. The minimum absolute atomic E-state index is 0.0256. The molecule has 0 bridgehead atoms. The predicted molar refractivity (Wildman–Crippen MR) is 124 cm³/mol. The van der Waals surface area contributed by atoms with Crippen LogP contribution in [0.2, 0.25) is 0 Å². The smallest absolute Gasteiger partial charge is 0.312 e. The Kier molecular flexibility index (Phi) is 7.81. The fourth-order valence-electron chi connectivity index (χ4n) is 3.53. The number of benzene rings is 2. The van der Waals surface area contributed by atoms with Crippen LogP contribution in [-0.2, 0) is 19.6 Å². The number of amides is 2. The average molecular weight is 492 g/mol. The minimum Gasteiger partial charge on any atom is -0.490 e. The maximum atomic E-state index is 13.0. The molecule has 0 saturated carbocycles. The van der Waals surface area contributed by atoms with Gasteiger partial charge in [-0.1, -0.05) is 6.07 Å². The van der Waals surface area contributed by atoms with Gasteiger partial charge >= 0.3 is 5.69 Å². The highest BCUT2D eigenvalue weighted by atomic mass is 32.2. The van der Waals surface area contributed by atoms with Crippen LogP contribution in [0.5, 0.6) is 5.75 Å². The topological polar surface area (TPSA) is 151 Å². The molecule has 1 aliphatic rings. The summed E-state index contributed by atoms with van der Waals surface area (Å²) in [5.41, 5.74) is 0.655. The number of nitrogens with zero attached hydrogens (tertiary/aromatic N) is 3. The molecule has 13 heteroatoms. The van der Waals surface area contributed by atoms with Crippen molar-refractivity contribution in [1.82, 2.24) is 9.21 Å². The van der Waals surface area contributed by atoms with E-state index in [9.17, 15) is 28.1 Å². The largest absolute Gasteiger partial charge is 0.490 e. The van der Waals surface area contributed by atoms with Crippen LogP contribution in [0, 0.1) is 10.1 Å². The van der Waals surface area contributed by atoms with Crippen molar-refractivity contribution in [3.63, 3.8) is 0 Å². The summed E-state index contributed by atoms with van der Waals surface area (Å²) < 4.78 is 32.1. The molecule has 0 atom stereocenters. The molecule has 182 valence electrons. The van der Waals surface area contributed by atoms with Gasteiger partial charge in [0.25, 0.3) is 0 Å². The van der Waals surface area contributed by atoms with Gasteiger partial charge in [-0.05, 0) is 30.3 Å². The van der Waals surface area contributed by atoms with Crippen LogP contribution in [0.15, 0.2) is 47.4 Å². The summed E-state index contributed by atoms with van der Waals surface area (Å²) in [7, 11) is -2.68. The Morgan fingerprint density at radius 1 is 1.06 bits per heavy atom. The lowest BCUT2D eigenvalue weighted by Gasteiger charge is -2.33. The molecule has 2 N–H and O–H groups in total. The SMILES string of the molecule is COc1ccc(S(=O)(=O)N2CCN(CC(=O)Nc3cccc(NC(C)=O)c3)CC2)cc1[N+](=O)[O-]. The molecule has 2 aromatic rings. The van der Waals surface area contributed by atoms with E-state index in [2.05, 4.69) is 10.6 Å². The van der Waals surface area contributed by atoms with E-state index >= 15 is 0 Å². The predicted octanol–water partition coefficient (Wildman–Crippen LogP) is 1.51. The number of nitro benzene ring substituents is 1. The number of anilines is 2. The maximum absolute atomic E-state index is 13.0. The van der Waals surface area contributed by atoms with Crippen LogP contribution < -0.4 is 15.4 Å². The average Bonchev–Trinajstić information content (AvgIpc) is 2.78. The molecular weight excluding hydrogens is 466 g/mol. The van der Waals surface area contributed by atoms with Crippen LogP contribution >= 0.6 is 0 Å². The molecule has 2 aromatic carbocycles. The van der Waals surface area contributed by atoms with E-state index in [0.29, 0.717) is 24.5 Å². The normalized spacial score (nSPS) is 14.9. The molecule has 1 fully saturated rings. The number of nitro groups is 1. The second-order valence-electron chi connectivity index (χ2n) is 7.58. The van der Waals surface area contributed by atoms with E-state index in [4.69, 9.17) is 4.74 Å². The van der Waals surface area contributed by atoms with Crippen molar-refractivity contribution in [2.45, 2.75) is 11.8 Å². The number of hydrogen-bond donors (Lipinski definition) is 2. The van der Waals surface area contributed by atoms with Crippen molar-refractivity contribution in [2.24, 2.45) is 0 Å². The molecule has 1 aliphatic heterocycles. The molecule has 1 heterocycles. The number of carbonyl (C=O) groups excluding carboxylic acids is 2. The maximum Gasteiger partial charge on any atom is 0.312 e. The van der Waals surface area contributed by atoms with Gasteiger partial charge in [0.2, 0.25) is 21.8 Å². The zero-order valence-corrected chi connectivity index (χ0v) is 19.5. The second kappa shape index (κ2) is 10.6. The summed E-state index contributed by atoms with van der Waals surface area (Å²) in [4.78, 5) is 35.8. The first kappa shape index (κ1) is 25.1. The number of hydrogen-bond acceptors (Lipinski definition) is 8. The number of carbonyl (C=O) groups is 2. The van der Waals surface area contributed by atoms with Crippen LogP contribution in [0.1, 0.15) is 6.92 Å². The molecule has 0 radical (unpaired) electrons. The third-order valence-corrected chi connectivity index (χ3v) is 7.04. The Morgan fingerprint density at radius 2 is 1.71 bits per heavy atom. The molecule has 1 saturated heterocycles. The standard InChI is InChI=1S/C21H25N5O7S/c1-15(27)22-16-4-3-5-17(12-16)23-21(28)14-24-8-10-25(11-9-24)34(31,32)18-6-7-20(33-2)19(13-18)26(29)30/h3-7,12-13H,8-11,14H2,1-2H3,(H,22,27)(H,23,28). The van der Waals surface area contributed by atoms with Crippen molar-refractivity contribution < 1.29 is 27.7 Å². The number of ether oxygens (including phenoxy) is 1. The number of methoxy groups -OCH3 is 1. The summed E-state index contributed by atoms with van der Waals surface area (Å²) in [6, 6.07) is 10.3. The lowest BCUT2D eigenvalue weighted by molar-refractivity contribution is -0.386. The first-order valence-electron chi connectivity index (χ1n) is 10.3. The molecule has 34 heavy (non-hydrogen) atoms. The summed E-state index contributed by atoms with van der Waals surface area (Å²) in [6.45, 7) is 2.35. The van der Waals surface area contributed by atoms with Gasteiger partial charge in [-0.3, -0.25) is 24.6 Å². The summed E-state index contributed by atoms with van der Waals surface area (Å²) >= 11 is 0. The van der Waals surface area contributed by atoms with Crippen LogP contribution in [-0.4, -0.2) is 74.2 Å². The molecule has 2 amide bonds. The number of piperazine rings is 1. The van der Waals surface area contributed by atoms with Crippen LogP contribution in [0.25, 0.3) is 0 Å². The van der Waals surface area contributed by atoms with E-state index in [-0.39, 0.29) is 42.1 Å².